The lowest BCUT2D eigenvalue weighted by atomic mass is 9.65. The zero-order chi connectivity index (χ0) is 60.7. The average Bonchev–Trinajstić information content (AvgIpc) is 1.48. The normalized spacial score (nSPS) is 14.6. The van der Waals surface area contributed by atoms with Gasteiger partial charge in [-0.15, -0.1) is 0 Å². The van der Waals surface area contributed by atoms with Crippen LogP contribution >= 0.6 is 0 Å². The SMILES string of the molecule is N#Cc1c(-c2cccc(-c3cccc4c3Oc3ccccc3C43c4ccccc4-c4ccccc43)c2)cccc1-c1ccc2c(c1)C1(c3ccccc3Oc3c(-c4cccc(-c5nc(-c6cccc7ccccc67)c6ccccc6n5)c4)cccc31)c1ccccc1-2. The van der Waals surface area contributed by atoms with E-state index in [0.29, 0.717) is 11.4 Å². The number of hydrogen-bond acceptors (Lipinski definition) is 5. The maximum absolute atomic E-state index is 11.6. The third-order valence-corrected chi connectivity index (χ3v) is 19.9. The highest BCUT2D eigenvalue weighted by Gasteiger charge is 2.53. The minimum atomic E-state index is -0.800. The summed E-state index contributed by atoms with van der Waals surface area (Å²) in [6, 6.07) is 113. The van der Waals surface area contributed by atoms with Crippen LogP contribution in [0.4, 0.5) is 0 Å². The van der Waals surface area contributed by atoms with Gasteiger partial charge in [0.2, 0.25) is 0 Å². The standard InChI is InChI=1S/C87H51N3O2/c88-52-70-60(54-23-15-24-55(49-54)62-34-19-42-76-83(62)91-80-45-13-10-40-74(80)86(76)71-37-7-3-28-64(71)65-29-4-8-38-72(65)86)32-18-33-61(70)57-47-48-67-66-30-5-9-39-73(66)87(78(67)51-57)75-41-11-14-46-81(75)92-84-63(35-20-43-77(84)87)56-25-16-26-58(50-56)85-89-79-44-12-6-31-69(79)82(90-85)68-36-17-22-53-21-1-2-27-59(53)68/h1-51H. The number of aromatic nitrogens is 2. The summed E-state index contributed by atoms with van der Waals surface area (Å²) in [6.07, 6.45) is 0. The molecular weight excluding hydrogens is 1120 g/mol. The maximum atomic E-state index is 11.6. The summed E-state index contributed by atoms with van der Waals surface area (Å²) in [6.45, 7) is 0. The molecule has 92 heavy (non-hydrogen) atoms. The number of benzene rings is 14. The fraction of sp³-hybridized carbons (Fsp3) is 0.0230. The first-order valence-corrected chi connectivity index (χ1v) is 31.3. The molecule has 0 saturated carbocycles. The summed E-state index contributed by atoms with van der Waals surface area (Å²) in [5, 5.41) is 14.9. The van der Waals surface area contributed by atoms with Gasteiger partial charge < -0.3 is 9.47 Å². The molecule has 5 nitrogen and oxygen atoms in total. The van der Waals surface area contributed by atoms with E-state index in [0.717, 1.165) is 145 Å². The number of nitriles is 1. The Morgan fingerprint density at radius 2 is 0.685 bits per heavy atom. The van der Waals surface area contributed by atoms with E-state index in [4.69, 9.17) is 19.4 Å². The number of nitrogens with zero attached hydrogens (tertiary/aromatic N) is 3. The van der Waals surface area contributed by atoms with Gasteiger partial charge >= 0.3 is 0 Å². The first-order chi connectivity index (χ1) is 45.6. The van der Waals surface area contributed by atoms with Gasteiger partial charge in [0, 0.05) is 61.0 Å². The quantitative estimate of drug-likeness (QED) is 0.166. The van der Waals surface area contributed by atoms with Gasteiger partial charge in [-0.1, -0.05) is 273 Å². The van der Waals surface area contributed by atoms with Crippen LogP contribution in [0, 0.1) is 11.3 Å². The van der Waals surface area contributed by atoms with Gasteiger partial charge in [0.05, 0.1) is 27.6 Å². The Kier molecular flexibility index (Phi) is 11.2. The molecule has 0 saturated heterocycles. The van der Waals surface area contributed by atoms with Gasteiger partial charge in [-0.3, -0.25) is 0 Å². The van der Waals surface area contributed by atoms with Gasteiger partial charge in [0.25, 0.3) is 0 Å². The van der Waals surface area contributed by atoms with Crippen LogP contribution in [-0.2, 0) is 10.8 Å². The molecule has 0 amide bonds. The van der Waals surface area contributed by atoms with Crippen LogP contribution in [0.25, 0.3) is 111 Å². The molecule has 15 aromatic rings. The van der Waals surface area contributed by atoms with E-state index in [2.05, 4.69) is 309 Å². The molecule has 3 heterocycles. The Morgan fingerprint density at radius 1 is 0.283 bits per heavy atom. The number of para-hydroxylation sites is 5. The van der Waals surface area contributed by atoms with Crippen LogP contribution < -0.4 is 9.47 Å². The second kappa shape index (κ2) is 19.9. The molecule has 426 valence electrons. The highest BCUT2D eigenvalue weighted by molar-refractivity contribution is 6.04. The van der Waals surface area contributed by atoms with Crippen LogP contribution in [0.15, 0.2) is 309 Å². The van der Waals surface area contributed by atoms with Crippen LogP contribution in [-0.4, -0.2) is 9.97 Å². The predicted octanol–water partition coefficient (Wildman–Crippen LogP) is 21.6. The van der Waals surface area contributed by atoms with Gasteiger partial charge in [-0.2, -0.15) is 5.26 Å². The van der Waals surface area contributed by atoms with E-state index < -0.39 is 10.8 Å². The molecule has 0 radical (unpaired) electrons. The number of ether oxygens (including phenoxy) is 2. The molecule has 0 fully saturated rings. The average molecular weight is 1170 g/mol. The first-order valence-electron chi connectivity index (χ1n) is 31.3. The zero-order valence-electron chi connectivity index (χ0n) is 49.6. The lowest BCUT2D eigenvalue weighted by Crippen LogP contribution is -2.32. The van der Waals surface area contributed by atoms with Crippen LogP contribution in [0.5, 0.6) is 23.0 Å². The molecule has 0 bridgehead atoms. The molecule has 1 unspecified atom stereocenters. The van der Waals surface area contributed by atoms with Crippen molar-refractivity contribution >= 4 is 21.7 Å². The molecule has 1 atom stereocenters. The molecule has 19 rings (SSSR count). The Hall–Kier alpha value is -12.2. The van der Waals surface area contributed by atoms with Crippen molar-refractivity contribution in [1.29, 1.82) is 5.26 Å². The summed E-state index contributed by atoms with van der Waals surface area (Å²) in [7, 11) is 0. The van der Waals surface area contributed by atoms with E-state index in [1.165, 1.54) is 27.8 Å². The van der Waals surface area contributed by atoms with Crippen LogP contribution in [0.2, 0.25) is 0 Å². The van der Waals surface area contributed by atoms with Crippen molar-refractivity contribution in [3.63, 3.8) is 0 Å². The smallest absolute Gasteiger partial charge is 0.160 e. The molecule has 14 aromatic carbocycles. The van der Waals surface area contributed by atoms with Crippen molar-refractivity contribution in [2.45, 2.75) is 10.8 Å². The van der Waals surface area contributed by atoms with Gasteiger partial charge in [-0.05, 0) is 114 Å². The van der Waals surface area contributed by atoms with E-state index in [1.807, 2.05) is 6.07 Å². The number of rotatable bonds is 6. The largest absolute Gasteiger partial charge is 0.456 e. The summed E-state index contributed by atoms with van der Waals surface area (Å²) < 4.78 is 14.4. The Bertz CT molecular complexity index is 5660. The van der Waals surface area contributed by atoms with E-state index >= 15 is 0 Å². The monoisotopic (exact) mass is 1170 g/mol. The van der Waals surface area contributed by atoms with Crippen molar-refractivity contribution < 1.29 is 9.47 Å². The van der Waals surface area contributed by atoms with Crippen molar-refractivity contribution in [3.05, 3.63) is 359 Å². The molecule has 4 aliphatic rings. The van der Waals surface area contributed by atoms with Gasteiger partial charge in [-0.25, -0.2) is 9.97 Å². The number of hydrogen-bond donors (Lipinski definition) is 0. The highest BCUT2D eigenvalue weighted by Crippen LogP contribution is 2.65. The Morgan fingerprint density at radius 3 is 1.30 bits per heavy atom. The van der Waals surface area contributed by atoms with E-state index in [9.17, 15) is 5.26 Å². The zero-order valence-corrected chi connectivity index (χ0v) is 49.6. The van der Waals surface area contributed by atoms with Crippen molar-refractivity contribution in [1.82, 2.24) is 9.97 Å². The fourth-order valence-electron chi connectivity index (χ4n) is 16.1. The topological polar surface area (TPSA) is 68.0 Å². The molecule has 5 heteroatoms. The summed E-state index contributed by atoms with van der Waals surface area (Å²) >= 11 is 0. The minimum absolute atomic E-state index is 0.591. The van der Waals surface area contributed by atoms with E-state index in [-0.39, 0.29) is 0 Å². The Labute approximate surface area is 532 Å². The summed E-state index contributed by atoms with van der Waals surface area (Å²) in [5.74, 6) is 3.89. The Balaban J connectivity index is 0.740. The molecule has 2 aliphatic carbocycles. The van der Waals surface area contributed by atoms with Crippen LogP contribution in [0.1, 0.15) is 50.1 Å². The fourth-order valence-corrected chi connectivity index (χ4v) is 16.1. The second-order valence-electron chi connectivity index (χ2n) is 24.4. The first kappa shape index (κ1) is 51.8. The highest BCUT2D eigenvalue weighted by atomic mass is 16.5. The lowest BCUT2D eigenvalue weighted by molar-refractivity contribution is 0.438. The lowest BCUT2D eigenvalue weighted by Gasteiger charge is -2.40. The van der Waals surface area contributed by atoms with Gasteiger partial charge in [0.1, 0.15) is 29.1 Å². The molecule has 2 spiro atoms. The van der Waals surface area contributed by atoms with Crippen molar-refractivity contribution in [2.24, 2.45) is 0 Å². The van der Waals surface area contributed by atoms with Crippen molar-refractivity contribution in [3.8, 4) is 118 Å². The second-order valence-corrected chi connectivity index (χ2v) is 24.4. The van der Waals surface area contributed by atoms with Crippen LogP contribution in [0.3, 0.4) is 0 Å². The van der Waals surface area contributed by atoms with E-state index in [1.54, 1.807) is 0 Å². The predicted molar refractivity (Wildman–Crippen MR) is 369 cm³/mol. The molecule has 0 N–H and O–H groups in total. The minimum Gasteiger partial charge on any atom is -0.456 e. The molecular formula is C87H51N3O2. The third kappa shape index (κ3) is 7.23. The maximum Gasteiger partial charge on any atom is 0.160 e. The van der Waals surface area contributed by atoms with Crippen molar-refractivity contribution in [2.75, 3.05) is 0 Å². The molecule has 2 aliphatic heterocycles. The number of fused-ring (bicyclic) bond motifs is 20. The molecule has 1 aromatic heterocycles. The summed E-state index contributed by atoms with van der Waals surface area (Å²) in [4.78, 5) is 10.6. The van der Waals surface area contributed by atoms with Gasteiger partial charge in [0.15, 0.2) is 5.82 Å². The summed E-state index contributed by atoms with van der Waals surface area (Å²) in [5.41, 5.74) is 24.4. The third-order valence-electron chi connectivity index (χ3n) is 19.9.